The molecule has 18 heavy (non-hydrogen) atoms. The number of hydrogen-bond acceptors (Lipinski definition) is 4. The first-order valence-corrected chi connectivity index (χ1v) is 8.21. The fourth-order valence-corrected chi connectivity index (χ4v) is 4.91. The summed E-state index contributed by atoms with van der Waals surface area (Å²) >= 11 is 3.50. The second-order valence-electron chi connectivity index (χ2n) is 5.05. The molecule has 0 radical (unpaired) electrons. The molecule has 0 fully saturated rings. The van der Waals surface area contributed by atoms with Gasteiger partial charge in [-0.25, -0.2) is 4.98 Å². The summed E-state index contributed by atoms with van der Waals surface area (Å²) in [4.78, 5) is 6.11. The van der Waals surface area contributed by atoms with Gasteiger partial charge < -0.3 is 5.73 Å². The molecule has 2 nitrogen and oxygen atoms in total. The summed E-state index contributed by atoms with van der Waals surface area (Å²) in [7, 11) is 0. The molecule has 0 aromatic carbocycles. The van der Waals surface area contributed by atoms with E-state index in [0.29, 0.717) is 0 Å². The first kappa shape index (κ1) is 12.2. The van der Waals surface area contributed by atoms with Gasteiger partial charge in [0.2, 0.25) is 0 Å². The van der Waals surface area contributed by atoms with E-state index in [0.717, 1.165) is 21.6 Å². The number of thiazole rings is 1. The van der Waals surface area contributed by atoms with Crippen LogP contribution in [0.15, 0.2) is 5.38 Å². The summed E-state index contributed by atoms with van der Waals surface area (Å²) in [5.74, 6) is 0.849. The van der Waals surface area contributed by atoms with E-state index in [1.54, 1.807) is 22.7 Å². The zero-order valence-corrected chi connectivity index (χ0v) is 12.5. The van der Waals surface area contributed by atoms with Crippen molar-refractivity contribution >= 4 is 27.7 Å². The summed E-state index contributed by atoms with van der Waals surface area (Å²) in [6, 6.07) is 0. The lowest BCUT2D eigenvalue weighted by Crippen LogP contribution is -2.11. The number of rotatable bonds is 2. The number of fused-ring (bicyclic) bond motifs is 1. The van der Waals surface area contributed by atoms with Crippen LogP contribution in [0.4, 0.5) is 5.00 Å². The average molecular weight is 278 g/mol. The summed E-state index contributed by atoms with van der Waals surface area (Å²) in [6.07, 6.45) is 4.97. The molecule has 2 heterocycles. The Labute approximate surface area is 116 Å². The van der Waals surface area contributed by atoms with Crippen molar-refractivity contribution in [3.05, 3.63) is 21.5 Å². The van der Waals surface area contributed by atoms with Gasteiger partial charge in [0.1, 0.15) is 5.01 Å². The molecule has 2 N–H and O–H groups in total. The normalized spacial score (nSPS) is 18.9. The molecule has 0 unspecified atom stereocenters. The first-order valence-electron chi connectivity index (χ1n) is 6.51. The number of hydrogen-bond donors (Lipinski definition) is 1. The van der Waals surface area contributed by atoms with Crippen LogP contribution in [0.25, 0.3) is 10.6 Å². The zero-order chi connectivity index (χ0) is 12.7. The molecule has 1 aliphatic carbocycles. The van der Waals surface area contributed by atoms with Gasteiger partial charge in [0.05, 0.1) is 5.00 Å². The Morgan fingerprint density at radius 2 is 2.33 bits per heavy atom. The maximum atomic E-state index is 6.23. The van der Waals surface area contributed by atoms with Gasteiger partial charge in [0.15, 0.2) is 0 Å². The average Bonchev–Trinajstić information content (AvgIpc) is 2.90. The van der Waals surface area contributed by atoms with Crippen LogP contribution in [0, 0.1) is 12.8 Å². The predicted molar refractivity (Wildman–Crippen MR) is 80.4 cm³/mol. The molecule has 1 aliphatic rings. The first-order chi connectivity index (χ1) is 8.69. The highest BCUT2D eigenvalue weighted by atomic mass is 32.1. The minimum absolute atomic E-state index is 0.849. The van der Waals surface area contributed by atoms with E-state index >= 15 is 0 Å². The Morgan fingerprint density at radius 1 is 1.50 bits per heavy atom. The molecule has 0 amide bonds. The van der Waals surface area contributed by atoms with Crippen molar-refractivity contribution in [3.63, 3.8) is 0 Å². The molecule has 2 aromatic rings. The van der Waals surface area contributed by atoms with Crippen LogP contribution in [-0.4, -0.2) is 4.98 Å². The minimum Gasteiger partial charge on any atom is -0.390 e. The summed E-state index contributed by atoms with van der Waals surface area (Å²) in [5.41, 5.74) is 10.1. The Bertz CT molecular complexity index is 568. The van der Waals surface area contributed by atoms with Crippen LogP contribution in [0.1, 0.15) is 35.9 Å². The lowest BCUT2D eigenvalue weighted by Gasteiger charge is -2.20. The number of anilines is 1. The number of nitrogen functional groups attached to an aromatic ring is 1. The van der Waals surface area contributed by atoms with Gasteiger partial charge in [0.25, 0.3) is 0 Å². The molecule has 96 valence electrons. The molecular weight excluding hydrogens is 260 g/mol. The molecule has 0 saturated heterocycles. The fourth-order valence-electron chi connectivity index (χ4n) is 2.73. The quantitative estimate of drug-likeness (QED) is 0.890. The standard InChI is InChI=1S/C14H18N2S2/c1-3-9-4-5-10-11(6-9)18-13(15)12(10)14-16-8(2)7-17-14/h7,9H,3-6,15H2,1-2H3/t9-/m0/s1. The third-order valence-corrected chi connectivity index (χ3v) is 5.87. The van der Waals surface area contributed by atoms with Gasteiger partial charge in [0, 0.05) is 21.5 Å². The predicted octanol–water partition coefficient (Wildman–Crippen LogP) is 4.28. The van der Waals surface area contributed by atoms with Gasteiger partial charge in [-0.1, -0.05) is 13.3 Å². The summed E-state index contributed by atoms with van der Waals surface area (Å²) < 4.78 is 0. The third-order valence-electron chi connectivity index (χ3n) is 3.80. The smallest absolute Gasteiger partial charge is 0.126 e. The monoisotopic (exact) mass is 278 g/mol. The summed E-state index contributed by atoms with van der Waals surface area (Å²) in [6.45, 7) is 4.33. The van der Waals surface area contributed by atoms with Crippen molar-refractivity contribution in [1.82, 2.24) is 4.98 Å². The molecule has 2 aromatic heterocycles. The van der Waals surface area contributed by atoms with Crippen LogP contribution < -0.4 is 5.73 Å². The van der Waals surface area contributed by atoms with E-state index < -0.39 is 0 Å². The van der Waals surface area contributed by atoms with Gasteiger partial charge >= 0.3 is 0 Å². The van der Waals surface area contributed by atoms with E-state index in [-0.39, 0.29) is 0 Å². The number of thiophene rings is 1. The van der Waals surface area contributed by atoms with Crippen molar-refractivity contribution in [3.8, 4) is 10.6 Å². The van der Waals surface area contributed by atoms with Crippen LogP contribution >= 0.6 is 22.7 Å². The van der Waals surface area contributed by atoms with Gasteiger partial charge in [-0.05, 0) is 37.7 Å². The van der Waals surface area contributed by atoms with Crippen LogP contribution in [0.2, 0.25) is 0 Å². The van der Waals surface area contributed by atoms with E-state index in [1.807, 2.05) is 6.92 Å². The van der Waals surface area contributed by atoms with E-state index in [9.17, 15) is 0 Å². The maximum Gasteiger partial charge on any atom is 0.126 e. The molecule has 4 heteroatoms. The number of aromatic nitrogens is 1. The second-order valence-corrected chi connectivity index (χ2v) is 7.05. The summed E-state index contributed by atoms with van der Waals surface area (Å²) in [5, 5.41) is 4.18. The lowest BCUT2D eigenvalue weighted by molar-refractivity contribution is 0.450. The molecule has 1 atom stereocenters. The van der Waals surface area contributed by atoms with E-state index in [2.05, 4.69) is 17.3 Å². The van der Waals surface area contributed by atoms with E-state index in [1.165, 1.54) is 41.7 Å². The molecule has 3 rings (SSSR count). The molecule has 0 aliphatic heterocycles. The molecular formula is C14H18N2S2. The Morgan fingerprint density at radius 3 is 3.00 bits per heavy atom. The molecule has 0 spiro atoms. The topological polar surface area (TPSA) is 38.9 Å². The van der Waals surface area contributed by atoms with Crippen molar-refractivity contribution in [2.24, 2.45) is 5.92 Å². The highest BCUT2D eigenvalue weighted by Crippen LogP contribution is 2.44. The number of nitrogens with zero attached hydrogens (tertiary/aromatic N) is 1. The molecule has 0 bridgehead atoms. The zero-order valence-electron chi connectivity index (χ0n) is 10.8. The SMILES string of the molecule is CC[C@H]1CCc2c(sc(N)c2-c2nc(C)cs2)C1. The Hall–Kier alpha value is -0.870. The highest BCUT2D eigenvalue weighted by molar-refractivity contribution is 7.18. The van der Waals surface area contributed by atoms with Crippen molar-refractivity contribution < 1.29 is 0 Å². The van der Waals surface area contributed by atoms with Crippen molar-refractivity contribution in [2.75, 3.05) is 5.73 Å². The Kier molecular flexibility index (Phi) is 3.16. The highest BCUT2D eigenvalue weighted by Gasteiger charge is 2.25. The van der Waals surface area contributed by atoms with E-state index in [4.69, 9.17) is 5.73 Å². The molecule has 0 saturated carbocycles. The lowest BCUT2D eigenvalue weighted by atomic mass is 9.86. The van der Waals surface area contributed by atoms with Crippen molar-refractivity contribution in [2.45, 2.75) is 39.5 Å². The number of nitrogens with two attached hydrogens (primary N) is 1. The second kappa shape index (κ2) is 4.67. The maximum absolute atomic E-state index is 6.23. The third kappa shape index (κ3) is 1.97. The van der Waals surface area contributed by atoms with Crippen molar-refractivity contribution in [1.29, 1.82) is 0 Å². The Balaban J connectivity index is 2.04. The minimum atomic E-state index is 0.849. The van der Waals surface area contributed by atoms with Gasteiger partial charge in [-0.2, -0.15) is 0 Å². The van der Waals surface area contributed by atoms with Crippen LogP contribution in [-0.2, 0) is 12.8 Å². The number of aryl methyl sites for hydroxylation is 1. The van der Waals surface area contributed by atoms with Gasteiger partial charge in [-0.15, -0.1) is 22.7 Å². The van der Waals surface area contributed by atoms with Crippen LogP contribution in [0.5, 0.6) is 0 Å². The van der Waals surface area contributed by atoms with Crippen LogP contribution in [0.3, 0.4) is 0 Å². The fraction of sp³-hybridized carbons (Fsp3) is 0.500. The van der Waals surface area contributed by atoms with Gasteiger partial charge in [-0.3, -0.25) is 0 Å². The largest absolute Gasteiger partial charge is 0.390 e.